The number of carbonyl (C=O) groups excluding carboxylic acids is 1. The van der Waals surface area contributed by atoms with Crippen molar-refractivity contribution in [3.63, 3.8) is 0 Å². The summed E-state index contributed by atoms with van der Waals surface area (Å²) in [6.45, 7) is 9.13. The van der Waals surface area contributed by atoms with Gasteiger partial charge in [0.1, 0.15) is 0 Å². The molecule has 6 heteroatoms. The minimum absolute atomic E-state index is 0.0820. The van der Waals surface area contributed by atoms with Crippen LogP contribution in [0.1, 0.15) is 38.8 Å². The molecule has 0 unspecified atom stereocenters. The number of aliphatic imine (C=N–C) groups is 1. The van der Waals surface area contributed by atoms with Crippen LogP contribution in [0.25, 0.3) is 0 Å². The van der Waals surface area contributed by atoms with Gasteiger partial charge in [0.05, 0.1) is 24.7 Å². The van der Waals surface area contributed by atoms with E-state index >= 15 is 0 Å². The second kappa shape index (κ2) is 8.79. The lowest BCUT2D eigenvalue weighted by Crippen LogP contribution is -2.48. The van der Waals surface area contributed by atoms with Gasteiger partial charge in [-0.1, -0.05) is 12.1 Å². The number of nitriles is 1. The predicted octanol–water partition coefficient (Wildman–Crippen LogP) is 1.53. The number of guanidine groups is 1. The fourth-order valence-electron chi connectivity index (χ4n) is 1.82. The third-order valence-electron chi connectivity index (χ3n) is 2.78. The van der Waals surface area contributed by atoms with Crippen LogP contribution in [0.5, 0.6) is 0 Å². The number of benzene rings is 1. The Hall–Kier alpha value is -2.55. The molecular formula is C17H25N5O. The van der Waals surface area contributed by atoms with Gasteiger partial charge in [-0.05, 0) is 45.4 Å². The molecule has 3 N–H and O–H groups in total. The molecule has 0 saturated carbocycles. The summed E-state index contributed by atoms with van der Waals surface area (Å²) in [6.07, 6.45) is 0. The molecule has 0 radical (unpaired) electrons. The summed E-state index contributed by atoms with van der Waals surface area (Å²) in [5.74, 6) is 0.502. The number of amides is 1. The molecule has 0 spiro atoms. The Morgan fingerprint density at radius 1 is 1.22 bits per heavy atom. The van der Waals surface area contributed by atoms with E-state index in [1.54, 1.807) is 12.1 Å². The lowest BCUT2D eigenvalue weighted by molar-refractivity contribution is -0.121. The zero-order valence-corrected chi connectivity index (χ0v) is 14.2. The molecule has 1 aromatic carbocycles. The van der Waals surface area contributed by atoms with Crippen LogP contribution in [0.3, 0.4) is 0 Å². The Morgan fingerprint density at radius 2 is 1.87 bits per heavy atom. The highest BCUT2D eigenvalue weighted by Crippen LogP contribution is 2.04. The van der Waals surface area contributed by atoms with E-state index in [2.05, 4.69) is 27.0 Å². The zero-order valence-electron chi connectivity index (χ0n) is 14.2. The molecule has 0 saturated heterocycles. The van der Waals surface area contributed by atoms with Crippen molar-refractivity contribution in [3.05, 3.63) is 35.4 Å². The number of carbonyl (C=O) groups is 1. The second-order valence-corrected chi connectivity index (χ2v) is 6.16. The molecule has 124 valence electrons. The van der Waals surface area contributed by atoms with Crippen molar-refractivity contribution >= 4 is 11.9 Å². The van der Waals surface area contributed by atoms with Gasteiger partial charge >= 0.3 is 0 Å². The standard InChI is InChI=1S/C17H25N5O/c1-5-19-16(21-12-15(23)22-17(2,3)4)20-11-14-8-6-13(10-18)7-9-14/h6-9H,5,11-12H2,1-4H3,(H,22,23)(H2,19,20,21). The Balaban J connectivity index is 2.59. The topological polar surface area (TPSA) is 89.3 Å². The summed E-state index contributed by atoms with van der Waals surface area (Å²) in [7, 11) is 0. The smallest absolute Gasteiger partial charge is 0.239 e. The average molecular weight is 315 g/mol. The minimum atomic E-state index is -0.253. The van der Waals surface area contributed by atoms with E-state index in [1.165, 1.54) is 0 Å². The van der Waals surface area contributed by atoms with Gasteiger partial charge in [-0.25, -0.2) is 4.99 Å². The van der Waals surface area contributed by atoms with Crippen molar-refractivity contribution in [2.24, 2.45) is 4.99 Å². The van der Waals surface area contributed by atoms with E-state index in [-0.39, 0.29) is 18.0 Å². The number of nitrogens with zero attached hydrogens (tertiary/aromatic N) is 2. The highest BCUT2D eigenvalue weighted by atomic mass is 16.2. The SMILES string of the molecule is CCNC(=NCc1ccc(C#N)cc1)NCC(=O)NC(C)(C)C. The van der Waals surface area contributed by atoms with Crippen LogP contribution in [0.2, 0.25) is 0 Å². The molecule has 0 bridgehead atoms. The van der Waals surface area contributed by atoms with Gasteiger partial charge in [0.25, 0.3) is 0 Å². The number of nitrogens with one attached hydrogen (secondary N) is 3. The maximum absolute atomic E-state index is 11.8. The Labute approximate surface area is 138 Å². The Kier molecular flexibility index (Phi) is 7.07. The minimum Gasteiger partial charge on any atom is -0.357 e. The highest BCUT2D eigenvalue weighted by molar-refractivity contribution is 5.86. The third-order valence-corrected chi connectivity index (χ3v) is 2.78. The molecule has 23 heavy (non-hydrogen) atoms. The summed E-state index contributed by atoms with van der Waals surface area (Å²) in [5.41, 5.74) is 1.37. The number of rotatable bonds is 5. The molecular weight excluding hydrogens is 290 g/mol. The quantitative estimate of drug-likeness (QED) is 0.568. The summed E-state index contributed by atoms with van der Waals surface area (Å²) >= 11 is 0. The van der Waals surface area contributed by atoms with Crippen LogP contribution < -0.4 is 16.0 Å². The predicted molar refractivity (Wildman–Crippen MR) is 91.9 cm³/mol. The van der Waals surface area contributed by atoms with Crippen LogP contribution in [0.15, 0.2) is 29.3 Å². The van der Waals surface area contributed by atoms with Crippen LogP contribution in [0, 0.1) is 11.3 Å². The van der Waals surface area contributed by atoms with Crippen molar-refractivity contribution in [1.29, 1.82) is 5.26 Å². The first kappa shape index (κ1) is 18.5. The average Bonchev–Trinajstić information content (AvgIpc) is 2.49. The van der Waals surface area contributed by atoms with Gasteiger partial charge in [0.2, 0.25) is 5.91 Å². The Morgan fingerprint density at radius 3 is 2.39 bits per heavy atom. The summed E-state index contributed by atoms with van der Waals surface area (Å²) < 4.78 is 0. The molecule has 0 heterocycles. The van der Waals surface area contributed by atoms with Crippen molar-refractivity contribution in [1.82, 2.24) is 16.0 Å². The largest absolute Gasteiger partial charge is 0.357 e. The van der Waals surface area contributed by atoms with Crippen molar-refractivity contribution in [3.8, 4) is 6.07 Å². The molecule has 1 rings (SSSR count). The molecule has 0 fully saturated rings. The summed E-state index contributed by atoms with van der Waals surface area (Å²) in [6, 6.07) is 9.36. The van der Waals surface area contributed by atoms with Crippen LogP contribution in [-0.2, 0) is 11.3 Å². The lowest BCUT2D eigenvalue weighted by Gasteiger charge is -2.21. The van der Waals surface area contributed by atoms with E-state index in [9.17, 15) is 4.79 Å². The van der Waals surface area contributed by atoms with Gasteiger partial charge in [-0.2, -0.15) is 5.26 Å². The van der Waals surface area contributed by atoms with E-state index in [0.717, 1.165) is 5.56 Å². The zero-order chi connectivity index (χ0) is 17.3. The third kappa shape index (κ3) is 7.86. The molecule has 0 aliphatic rings. The van der Waals surface area contributed by atoms with Crippen LogP contribution in [-0.4, -0.2) is 30.5 Å². The van der Waals surface area contributed by atoms with Gasteiger partial charge < -0.3 is 16.0 Å². The summed E-state index contributed by atoms with van der Waals surface area (Å²) in [4.78, 5) is 16.3. The van der Waals surface area contributed by atoms with Gasteiger partial charge in [-0.15, -0.1) is 0 Å². The first-order chi connectivity index (χ1) is 10.8. The van der Waals surface area contributed by atoms with Gasteiger partial charge in [-0.3, -0.25) is 4.79 Å². The first-order valence-corrected chi connectivity index (χ1v) is 7.66. The maximum atomic E-state index is 11.8. The van der Waals surface area contributed by atoms with Crippen molar-refractivity contribution in [2.75, 3.05) is 13.1 Å². The molecule has 1 amide bonds. The van der Waals surface area contributed by atoms with Crippen molar-refractivity contribution in [2.45, 2.75) is 39.8 Å². The monoisotopic (exact) mass is 315 g/mol. The first-order valence-electron chi connectivity index (χ1n) is 7.66. The maximum Gasteiger partial charge on any atom is 0.239 e. The van der Waals surface area contributed by atoms with E-state index in [4.69, 9.17) is 5.26 Å². The summed E-state index contributed by atoms with van der Waals surface area (Å²) in [5, 5.41) is 17.8. The second-order valence-electron chi connectivity index (χ2n) is 6.16. The van der Waals surface area contributed by atoms with E-state index < -0.39 is 0 Å². The van der Waals surface area contributed by atoms with Crippen molar-refractivity contribution < 1.29 is 4.79 Å². The van der Waals surface area contributed by atoms with E-state index in [0.29, 0.717) is 24.6 Å². The Bertz CT molecular complexity index is 578. The molecule has 1 aromatic rings. The molecule has 0 aliphatic carbocycles. The molecule has 0 atom stereocenters. The number of hydrogen-bond donors (Lipinski definition) is 3. The van der Waals surface area contributed by atoms with Gasteiger partial charge in [0, 0.05) is 12.1 Å². The fraction of sp³-hybridized carbons (Fsp3) is 0.471. The molecule has 0 aliphatic heterocycles. The highest BCUT2D eigenvalue weighted by Gasteiger charge is 2.13. The molecule has 0 aromatic heterocycles. The lowest BCUT2D eigenvalue weighted by atomic mass is 10.1. The number of hydrogen-bond acceptors (Lipinski definition) is 3. The normalized spacial score (nSPS) is 11.5. The fourth-order valence-corrected chi connectivity index (χ4v) is 1.82. The van der Waals surface area contributed by atoms with Gasteiger partial charge in [0.15, 0.2) is 5.96 Å². The molecule has 6 nitrogen and oxygen atoms in total. The van der Waals surface area contributed by atoms with Crippen LogP contribution >= 0.6 is 0 Å². The van der Waals surface area contributed by atoms with E-state index in [1.807, 2.05) is 39.8 Å². The van der Waals surface area contributed by atoms with Crippen LogP contribution in [0.4, 0.5) is 0 Å².